The third kappa shape index (κ3) is 4.07. The Labute approximate surface area is 105 Å². The minimum Gasteiger partial charge on any atom is -0.397 e. The summed E-state index contributed by atoms with van der Waals surface area (Å²) < 4.78 is 49.4. The van der Waals surface area contributed by atoms with Gasteiger partial charge in [-0.05, 0) is 22.0 Å². The number of hydrogen-bond acceptors (Lipinski definition) is 2. The molecule has 0 saturated carbocycles. The zero-order chi connectivity index (χ0) is 13.2. The topological polar surface area (TPSA) is 29.3 Å². The van der Waals surface area contributed by atoms with E-state index in [9.17, 15) is 17.6 Å². The lowest BCUT2D eigenvalue weighted by molar-refractivity contribution is -0.132. The summed E-state index contributed by atoms with van der Waals surface area (Å²) in [5.41, 5.74) is 6.02. The number of rotatable bonds is 3. The molecule has 0 unspecified atom stereocenters. The lowest BCUT2D eigenvalue weighted by Crippen LogP contribution is -2.24. The van der Waals surface area contributed by atoms with E-state index < -0.39 is 18.4 Å². The van der Waals surface area contributed by atoms with Crippen LogP contribution in [0.4, 0.5) is 28.9 Å². The summed E-state index contributed by atoms with van der Waals surface area (Å²) in [5, 5.41) is 0. The number of benzene rings is 1. The summed E-state index contributed by atoms with van der Waals surface area (Å²) in [6.07, 6.45) is -5.17. The van der Waals surface area contributed by atoms with Crippen LogP contribution in [0.15, 0.2) is 16.6 Å². The molecule has 7 heteroatoms. The SMILES string of the molecule is CN(CCC(F)(F)F)c1cc(Br)c(F)cc1N. The predicted octanol–water partition coefficient (Wildman–Crippen LogP) is 3.56. The Kier molecular flexibility index (Phi) is 4.24. The van der Waals surface area contributed by atoms with Gasteiger partial charge >= 0.3 is 6.18 Å². The maximum atomic E-state index is 13.1. The van der Waals surface area contributed by atoms with Gasteiger partial charge in [0.25, 0.3) is 0 Å². The highest BCUT2D eigenvalue weighted by Gasteiger charge is 2.27. The second-order valence-electron chi connectivity index (χ2n) is 3.61. The highest BCUT2D eigenvalue weighted by molar-refractivity contribution is 9.10. The van der Waals surface area contributed by atoms with Crippen LogP contribution in [0.1, 0.15) is 6.42 Å². The average molecular weight is 315 g/mol. The largest absolute Gasteiger partial charge is 0.397 e. The van der Waals surface area contributed by atoms with Crippen molar-refractivity contribution in [2.24, 2.45) is 0 Å². The van der Waals surface area contributed by atoms with Gasteiger partial charge in [0, 0.05) is 19.7 Å². The van der Waals surface area contributed by atoms with Crippen molar-refractivity contribution >= 4 is 27.3 Å². The summed E-state index contributed by atoms with van der Waals surface area (Å²) in [6.45, 7) is -0.230. The number of halogens is 5. The third-order valence-corrected chi connectivity index (χ3v) is 2.82. The van der Waals surface area contributed by atoms with Crippen molar-refractivity contribution in [2.75, 3.05) is 24.2 Å². The lowest BCUT2D eigenvalue weighted by Gasteiger charge is -2.22. The molecule has 2 N–H and O–H groups in total. The van der Waals surface area contributed by atoms with E-state index in [0.29, 0.717) is 5.69 Å². The quantitative estimate of drug-likeness (QED) is 0.683. The van der Waals surface area contributed by atoms with Gasteiger partial charge in [-0.1, -0.05) is 0 Å². The van der Waals surface area contributed by atoms with Gasteiger partial charge in [-0.3, -0.25) is 0 Å². The highest BCUT2D eigenvalue weighted by Crippen LogP contribution is 2.30. The molecule has 0 bridgehead atoms. The van der Waals surface area contributed by atoms with Crippen LogP contribution in [0.5, 0.6) is 0 Å². The molecular weight excluding hydrogens is 304 g/mol. The fourth-order valence-electron chi connectivity index (χ4n) is 1.30. The molecule has 17 heavy (non-hydrogen) atoms. The molecule has 0 aromatic heterocycles. The molecule has 0 aliphatic carbocycles. The summed E-state index contributed by atoms with van der Waals surface area (Å²) >= 11 is 2.96. The smallest absolute Gasteiger partial charge is 0.390 e. The van der Waals surface area contributed by atoms with E-state index in [4.69, 9.17) is 5.73 Å². The fraction of sp³-hybridized carbons (Fsp3) is 0.400. The summed E-state index contributed by atoms with van der Waals surface area (Å²) in [5.74, 6) is -0.546. The van der Waals surface area contributed by atoms with Crippen molar-refractivity contribution in [3.8, 4) is 0 Å². The molecule has 1 aromatic rings. The summed E-state index contributed by atoms with van der Waals surface area (Å²) in [7, 11) is 1.47. The maximum absolute atomic E-state index is 13.1. The first-order valence-corrected chi connectivity index (χ1v) is 5.52. The second-order valence-corrected chi connectivity index (χ2v) is 4.47. The van der Waals surface area contributed by atoms with Crippen LogP contribution in [0.2, 0.25) is 0 Å². The van der Waals surface area contributed by atoms with Crippen LogP contribution in [0.25, 0.3) is 0 Å². The van der Waals surface area contributed by atoms with Crippen molar-refractivity contribution in [2.45, 2.75) is 12.6 Å². The molecule has 2 nitrogen and oxygen atoms in total. The standard InChI is InChI=1S/C10H11BrF4N2/c1-17(3-2-10(13,14)15)9-4-6(11)7(12)5-8(9)16/h4-5H,2-3,16H2,1H3. The Bertz CT molecular complexity index is 406. The van der Waals surface area contributed by atoms with E-state index in [1.807, 2.05) is 0 Å². The number of nitrogens with two attached hydrogens (primary N) is 1. The molecule has 1 rings (SSSR count). The molecule has 0 amide bonds. The van der Waals surface area contributed by atoms with Gasteiger partial charge in [0.15, 0.2) is 0 Å². The van der Waals surface area contributed by atoms with Crippen molar-refractivity contribution in [1.29, 1.82) is 0 Å². The summed E-state index contributed by atoms with van der Waals surface area (Å²) in [6, 6.07) is 2.44. The number of anilines is 2. The van der Waals surface area contributed by atoms with E-state index in [-0.39, 0.29) is 16.7 Å². The average Bonchev–Trinajstić information content (AvgIpc) is 2.19. The molecule has 0 radical (unpaired) electrons. The minimum absolute atomic E-state index is 0.107. The first kappa shape index (κ1) is 14.1. The fourth-order valence-corrected chi connectivity index (χ4v) is 1.63. The van der Waals surface area contributed by atoms with Crippen LogP contribution in [0, 0.1) is 5.82 Å². The number of nitrogens with zero attached hydrogens (tertiary/aromatic N) is 1. The Morgan fingerprint density at radius 3 is 2.47 bits per heavy atom. The first-order valence-electron chi connectivity index (χ1n) is 4.73. The molecule has 0 spiro atoms. The van der Waals surface area contributed by atoms with E-state index in [1.165, 1.54) is 18.0 Å². The third-order valence-electron chi connectivity index (χ3n) is 2.21. The van der Waals surface area contributed by atoms with Crippen LogP contribution in [-0.4, -0.2) is 19.8 Å². The highest BCUT2D eigenvalue weighted by atomic mass is 79.9. The molecule has 0 aliphatic rings. The molecule has 0 heterocycles. The van der Waals surface area contributed by atoms with Gasteiger partial charge in [0.1, 0.15) is 5.82 Å². The number of hydrogen-bond donors (Lipinski definition) is 1. The number of nitrogen functional groups attached to an aromatic ring is 1. The Morgan fingerprint density at radius 2 is 1.94 bits per heavy atom. The van der Waals surface area contributed by atoms with Crippen LogP contribution >= 0.6 is 15.9 Å². The molecule has 0 fully saturated rings. The molecular formula is C10H11BrF4N2. The lowest BCUT2D eigenvalue weighted by atomic mass is 10.2. The van der Waals surface area contributed by atoms with E-state index >= 15 is 0 Å². The van der Waals surface area contributed by atoms with E-state index in [2.05, 4.69) is 15.9 Å². The van der Waals surface area contributed by atoms with Gasteiger partial charge in [0.2, 0.25) is 0 Å². The molecule has 0 saturated heterocycles. The van der Waals surface area contributed by atoms with Gasteiger partial charge in [0.05, 0.1) is 22.3 Å². The van der Waals surface area contributed by atoms with E-state index in [0.717, 1.165) is 6.07 Å². The molecule has 1 aromatic carbocycles. The zero-order valence-electron chi connectivity index (χ0n) is 8.98. The minimum atomic E-state index is -4.22. The molecule has 0 aliphatic heterocycles. The van der Waals surface area contributed by atoms with Crippen LogP contribution < -0.4 is 10.6 Å². The van der Waals surface area contributed by atoms with Gasteiger partial charge < -0.3 is 10.6 Å². The van der Waals surface area contributed by atoms with Crippen molar-refractivity contribution in [3.63, 3.8) is 0 Å². The Morgan fingerprint density at radius 1 is 1.35 bits per heavy atom. The van der Waals surface area contributed by atoms with Gasteiger partial charge in [-0.2, -0.15) is 13.2 Å². The van der Waals surface area contributed by atoms with Gasteiger partial charge in [-0.15, -0.1) is 0 Å². The van der Waals surface area contributed by atoms with Crippen LogP contribution in [0.3, 0.4) is 0 Å². The van der Waals surface area contributed by atoms with Crippen molar-refractivity contribution < 1.29 is 17.6 Å². The van der Waals surface area contributed by atoms with E-state index in [1.54, 1.807) is 0 Å². The van der Waals surface area contributed by atoms with Crippen LogP contribution in [-0.2, 0) is 0 Å². The number of alkyl halides is 3. The predicted molar refractivity (Wildman–Crippen MR) is 62.5 cm³/mol. The normalized spacial score (nSPS) is 11.6. The zero-order valence-corrected chi connectivity index (χ0v) is 10.6. The Balaban J connectivity index is 2.82. The van der Waals surface area contributed by atoms with Crippen molar-refractivity contribution in [3.05, 3.63) is 22.4 Å². The second kappa shape index (κ2) is 5.12. The first-order chi connectivity index (χ1) is 7.70. The Hall–Kier alpha value is -0.980. The molecule has 0 atom stereocenters. The van der Waals surface area contributed by atoms with Gasteiger partial charge in [-0.25, -0.2) is 4.39 Å². The monoisotopic (exact) mass is 314 g/mol. The summed E-state index contributed by atoms with van der Waals surface area (Å²) in [4.78, 5) is 1.34. The maximum Gasteiger partial charge on any atom is 0.390 e. The molecule has 96 valence electrons. The van der Waals surface area contributed by atoms with Crippen molar-refractivity contribution in [1.82, 2.24) is 0 Å².